The molecule has 2 amide bonds. The maximum atomic E-state index is 13.0. The minimum atomic E-state index is -0.721. The largest absolute Gasteiger partial charge is 0.412 e. The van der Waals surface area contributed by atoms with Gasteiger partial charge < -0.3 is 24.9 Å². The zero-order valence-corrected chi connectivity index (χ0v) is 26.9. The van der Waals surface area contributed by atoms with E-state index in [2.05, 4.69) is 17.0 Å². The predicted octanol–water partition coefficient (Wildman–Crippen LogP) is 5.70. The Morgan fingerprint density at radius 3 is 2.16 bits per heavy atom. The number of benzene rings is 3. The van der Waals surface area contributed by atoms with Crippen LogP contribution in [0, 0.1) is 0 Å². The molecule has 3 aromatic carbocycles. The molecular formula is C33H40Cl3N3O4. The summed E-state index contributed by atoms with van der Waals surface area (Å²) < 4.78 is 6.43. The van der Waals surface area contributed by atoms with Crippen molar-refractivity contribution in [3.63, 3.8) is 0 Å². The summed E-state index contributed by atoms with van der Waals surface area (Å²) in [4.78, 5) is 31.7. The highest BCUT2D eigenvalue weighted by Crippen LogP contribution is 2.40. The Hall–Kier alpha value is -2.65. The van der Waals surface area contributed by atoms with Gasteiger partial charge >= 0.3 is 0 Å². The van der Waals surface area contributed by atoms with Crippen molar-refractivity contribution in [2.24, 2.45) is 0 Å². The molecule has 0 saturated carbocycles. The van der Waals surface area contributed by atoms with Crippen molar-refractivity contribution in [3.8, 4) is 0 Å². The van der Waals surface area contributed by atoms with Crippen LogP contribution in [0.25, 0.3) is 0 Å². The number of piperidine rings is 1. The van der Waals surface area contributed by atoms with E-state index < -0.39 is 5.60 Å². The van der Waals surface area contributed by atoms with Gasteiger partial charge in [-0.1, -0.05) is 89.9 Å². The van der Waals surface area contributed by atoms with E-state index >= 15 is 0 Å². The van der Waals surface area contributed by atoms with Crippen LogP contribution >= 0.6 is 35.6 Å². The highest BCUT2D eigenvalue weighted by atomic mass is 35.5. The summed E-state index contributed by atoms with van der Waals surface area (Å²) in [6, 6.07) is 26.0. The molecule has 7 nitrogen and oxygen atoms in total. The lowest BCUT2D eigenvalue weighted by Crippen LogP contribution is -2.55. The third-order valence-corrected chi connectivity index (χ3v) is 9.61. The van der Waals surface area contributed by atoms with E-state index in [9.17, 15) is 9.59 Å². The van der Waals surface area contributed by atoms with E-state index in [1.54, 1.807) is 13.0 Å². The second-order valence-corrected chi connectivity index (χ2v) is 12.0. The third-order valence-electron chi connectivity index (χ3n) is 8.87. The maximum absolute atomic E-state index is 13.0. The number of ether oxygens (including phenoxy) is 1. The molecule has 0 aromatic heterocycles. The van der Waals surface area contributed by atoms with E-state index in [0.29, 0.717) is 29.6 Å². The van der Waals surface area contributed by atoms with Gasteiger partial charge in [-0.15, -0.1) is 12.4 Å². The van der Waals surface area contributed by atoms with Gasteiger partial charge in [0, 0.05) is 40.2 Å². The van der Waals surface area contributed by atoms with Crippen LogP contribution in [0.5, 0.6) is 0 Å². The zero-order valence-electron chi connectivity index (χ0n) is 24.6. The van der Waals surface area contributed by atoms with Crippen LogP contribution in [-0.4, -0.2) is 71.8 Å². The van der Waals surface area contributed by atoms with E-state index in [1.807, 2.05) is 77.5 Å². The molecule has 2 aliphatic heterocycles. The van der Waals surface area contributed by atoms with Crippen molar-refractivity contribution in [1.82, 2.24) is 14.7 Å². The Morgan fingerprint density at radius 2 is 1.56 bits per heavy atom. The quantitative estimate of drug-likeness (QED) is 0.314. The third kappa shape index (κ3) is 7.54. The molecule has 3 aromatic rings. The average molecular weight is 649 g/mol. The van der Waals surface area contributed by atoms with Gasteiger partial charge in [0.15, 0.2) is 0 Å². The average Bonchev–Trinajstić information content (AvgIpc) is 3.00. The van der Waals surface area contributed by atoms with Crippen LogP contribution in [0.15, 0.2) is 78.9 Å². The van der Waals surface area contributed by atoms with E-state index in [1.165, 1.54) is 5.56 Å². The molecule has 0 radical (unpaired) electrons. The van der Waals surface area contributed by atoms with Gasteiger partial charge in [-0.3, -0.25) is 9.59 Å². The Kier molecular flexibility index (Phi) is 12.1. The summed E-state index contributed by atoms with van der Waals surface area (Å²) in [6.07, 6.45) is 2.36. The zero-order chi connectivity index (χ0) is 29.0. The summed E-state index contributed by atoms with van der Waals surface area (Å²) in [5, 5.41) is 0.956. The van der Waals surface area contributed by atoms with Crippen LogP contribution < -0.4 is 0 Å². The molecule has 10 heteroatoms. The van der Waals surface area contributed by atoms with Crippen molar-refractivity contribution in [2.45, 2.75) is 43.9 Å². The van der Waals surface area contributed by atoms with Gasteiger partial charge in [0.1, 0.15) is 12.2 Å². The number of likely N-dealkylation sites (tertiary alicyclic amines) is 1. The summed E-state index contributed by atoms with van der Waals surface area (Å²) in [6.45, 7) is 5.06. The monoisotopic (exact) mass is 647 g/mol. The number of hydrogen-bond donors (Lipinski definition) is 0. The molecule has 5 rings (SSSR count). The highest BCUT2D eigenvalue weighted by Gasteiger charge is 2.44. The Balaban J connectivity index is 0.00000253. The fraction of sp³-hybridized carbons (Fsp3) is 0.394. The van der Waals surface area contributed by atoms with Gasteiger partial charge in [-0.05, 0) is 48.1 Å². The van der Waals surface area contributed by atoms with Crippen LogP contribution in [0.3, 0.4) is 0 Å². The van der Waals surface area contributed by atoms with Crippen molar-refractivity contribution in [1.29, 1.82) is 0 Å². The smallest absolute Gasteiger partial charge is 0.249 e. The van der Waals surface area contributed by atoms with E-state index in [4.69, 9.17) is 27.9 Å². The molecule has 2 N–H and O–H groups in total. The highest BCUT2D eigenvalue weighted by molar-refractivity contribution is 6.42. The molecule has 43 heavy (non-hydrogen) atoms. The molecule has 2 fully saturated rings. The van der Waals surface area contributed by atoms with Crippen LogP contribution in [0.4, 0.5) is 0 Å². The Morgan fingerprint density at radius 1 is 0.930 bits per heavy atom. The first-order chi connectivity index (χ1) is 19.7. The molecule has 2 aliphatic rings. The first-order valence-electron chi connectivity index (χ1n) is 14.2. The summed E-state index contributed by atoms with van der Waals surface area (Å²) in [7, 11) is 1.92. The van der Waals surface area contributed by atoms with Crippen molar-refractivity contribution in [3.05, 3.63) is 106 Å². The maximum Gasteiger partial charge on any atom is 0.249 e. The number of morpholine rings is 1. The lowest BCUT2D eigenvalue weighted by molar-refractivity contribution is -0.169. The van der Waals surface area contributed by atoms with Crippen molar-refractivity contribution in [2.75, 3.05) is 39.8 Å². The Bertz CT molecular complexity index is 1370. The van der Waals surface area contributed by atoms with Crippen LogP contribution in [-0.2, 0) is 32.0 Å². The Labute approximate surface area is 270 Å². The molecule has 0 spiro atoms. The number of carbonyl (C=O) groups excluding carboxylic acids is 2. The van der Waals surface area contributed by atoms with E-state index in [-0.39, 0.29) is 41.8 Å². The minimum absolute atomic E-state index is 0. The first-order valence-corrected chi connectivity index (χ1v) is 14.9. The minimum Gasteiger partial charge on any atom is -0.412 e. The molecule has 2 heterocycles. The number of carbonyl (C=O) groups is 2. The summed E-state index contributed by atoms with van der Waals surface area (Å²) >= 11 is 12.7. The fourth-order valence-electron chi connectivity index (χ4n) is 6.28. The predicted molar refractivity (Wildman–Crippen MR) is 174 cm³/mol. The number of nitrogens with zero attached hydrogens (tertiary/aromatic N) is 3. The van der Waals surface area contributed by atoms with Gasteiger partial charge in [0.05, 0.1) is 22.1 Å². The molecule has 0 bridgehead atoms. The number of amides is 2. The van der Waals surface area contributed by atoms with Crippen LogP contribution in [0.1, 0.15) is 42.9 Å². The lowest BCUT2D eigenvalue weighted by atomic mass is 9.79. The number of hydrogen-bond acceptors (Lipinski definition) is 4. The summed E-state index contributed by atoms with van der Waals surface area (Å²) in [5.74, 6) is 0.0436. The first kappa shape index (κ1) is 34.8. The van der Waals surface area contributed by atoms with Crippen molar-refractivity contribution < 1.29 is 19.8 Å². The SMILES string of the molecule is CC(=O)N(C)C1(c2ccccc2)CCN(CCC2(c3ccc(Cl)c(Cl)c3)CN(Cc3ccccc3)C(=O)CO2)CC1.Cl.O. The lowest BCUT2D eigenvalue weighted by Gasteiger charge is -2.48. The van der Waals surface area contributed by atoms with E-state index in [0.717, 1.165) is 43.6 Å². The fourth-order valence-corrected chi connectivity index (χ4v) is 6.58. The second-order valence-electron chi connectivity index (χ2n) is 11.2. The number of rotatable bonds is 8. The van der Waals surface area contributed by atoms with Gasteiger partial charge in [0.25, 0.3) is 0 Å². The number of halogens is 3. The molecule has 0 aliphatic carbocycles. The molecule has 2 saturated heterocycles. The molecule has 1 unspecified atom stereocenters. The molecule has 232 valence electrons. The van der Waals surface area contributed by atoms with Crippen molar-refractivity contribution >= 4 is 47.4 Å². The summed E-state index contributed by atoms with van der Waals surface area (Å²) in [5.41, 5.74) is 2.13. The van der Waals surface area contributed by atoms with Gasteiger partial charge in [0.2, 0.25) is 11.8 Å². The van der Waals surface area contributed by atoms with Gasteiger partial charge in [-0.2, -0.15) is 0 Å². The normalized spacial score (nSPS) is 20.1. The topological polar surface area (TPSA) is 84.6 Å². The van der Waals surface area contributed by atoms with Crippen LogP contribution in [0.2, 0.25) is 10.0 Å². The molecule has 1 atom stereocenters. The second kappa shape index (κ2) is 14.9. The van der Waals surface area contributed by atoms with Gasteiger partial charge in [-0.25, -0.2) is 0 Å². The molecular weight excluding hydrogens is 609 g/mol. The standard InChI is InChI=1S/C33H37Cl2N3O3.ClH.H2O/c1-25(39)36(2)32(27-11-7-4-8-12-27)15-18-37(19-16-32)20-17-33(28-13-14-29(34)30(35)21-28)24-38(31(40)23-41-33)22-26-9-5-3-6-10-26;;/h3-14,21H,15-20,22-24H2,1-2H3;1H;1H2.